The maximum atomic E-state index is 13.1. The van der Waals surface area contributed by atoms with Crippen molar-refractivity contribution in [1.82, 2.24) is 9.47 Å². The Hall–Kier alpha value is -1.57. The molecular formula is C25H32IN3O2. The average Bonchev–Trinajstić information content (AvgIpc) is 3.48. The van der Waals surface area contributed by atoms with Gasteiger partial charge in [0.05, 0.1) is 11.2 Å². The number of anilines is 1. The fourth-order valence-electron chi connectivity index (χ4n) is 5.86. The van der Waals surface area contributed by atoms with Crippen LogP contribution in [-0.4, -0.2) is 40.4 Å². The largest absolute Gasteiger partial charge is 0.343 e. The van der Waals surface area contributed by atoms with Crippen LogP contribution in [0.1, 0.15) is 64.2 Å². The van der Waals surface area contributed by atoms with E-state index in [1.54, 1.807) is 0 Å². The summed E-state index contributed by atoms with van der Waals surface area (Å²) < 4.78 is 3.48. The summed E-state index contributed by atoms with van der Waals surface area (Å²) >= 11 is 2.34. The van der Waals surface area contributed by atoms with Crippen molar-refractivity contribution in [2.75, 3.05) is 18.0 Å². The Bertz CT molecular complexity index is 979. The van der Waals surface area contributed by atoms with Crippen LogP contribution in [0.3, 0.4) is 0 Å². The van der Waals surface area contributed by atoms with Crippen LogP contribution >= 0.6 is 22.6 Å². The van der Waals surface area contributed by atoms with Crippen LogP contribution in [0.2, 0.25) is 0 Å². The first-order chi connectivity index (χ1) is 15.1. The molecule has 1 aliphatic carbocycles. The van der Waals surface area contributed by atoms with E-state index in [9.17, 15) is 9.59 Å². The molecule has 2 aromatic rings. The summed E-state index contributed by atoms with van der Waals surface area (Å²) in [5, 5.41) is 1.15. The first kappa shape index (κ1) is 21.3. The molecule has 1 atom stereocenters. The Morgan fingerprint density at radius 2 is 1.87 bits per heavy atom. The van der Waals surface area contributed by atoms with E-state index in [1.165, 1.54) is 41.2 Å². The van der Waals surface area contributed by atoms with E-state index in [0.29, 0.717) is 18.2 Å². The molecule has 3 fully saturated rings. The minimum Gasteiger partial charge on any atom is -0.343 e. The molecule has 31 heavy (non-hydrogen) atoms. The highest BCUT2D eigenvalue weighted by molar-refractivity contribution is 14.1. The van der Waals surface area contributed by atoms with Crippen molar-refractivity contribution in [1.29, 1.82) is 0 Å². The first-order valence-electron chi connectivity index (χ1n) is 12.0. The van der Waals surface area contributed by atoms with E-state index in [0.717, 1.165) is 56.4 Å². The van der Waals surface area contributed by atoms with Gasteiger partial charge in [-0.15, -0.1) is 0 Å². The molecule has 166 valence electrons. The Labute approximate surface area is 198 Å². The summed E-state index contributed by atoms with van der Waals surface area (Å²) in [4.78, 5) is 29.7. The van der Waals surface area contributed by atoms with Gasteiger partial charge >= 0.3 is 0 Å². The number of carbonyl (C=O) groups is 2. The number of nitrogens with zero attached hydrogens (tertiary/aromatic N) is 3. The third-order valence-corrected chi connectivity index (χ3v) is 8.15. The second-order valence-corrected chi connectivity index (χ2v) is 10.8. The van der Waals surface area contributed by atoms with Gasteiger partial charge in [0.2, 0.25) is 11.8 Å². The number of likely N-dealkylation sites (tertiary alicyclic amines) is 1. The highest BCUT2D eigenvalue weighted by Gasteiger charge is 2.32. The second kappa shape index (κ2) is 9.12. The van der Waals surface area contributed by atoms with Crippen LogP contribution < -0.4 is 4.90 Å². The topological polar surface area (TPSA) is 45.6 Å². The maximum absolute atomic E-state index is 13.1. The number of benzene rings is 1. The Morgan fingerprint density at radius 1 is 1.03 bits per heavy atom. The summed E-state index contributed by atoms with van der Waals surface area (Å²) in [7, 11) is 0. The van der Waals surface area contributed by atoms with Gasteiger partial charge in [0.15, 0.2) is 0 Å². The number of amides is 2. The molecule has 5 rings (SSSR count). The van der Waals surface area contributed by atoms with Crippen molar-refractivity contribution >= 4 is 51.0 Å². The lowest BCUT2D eigenvalue weighted by atomic mass is 9.86. The fourth-order valence-corrected chi connectivity index (χ4v) is 6.35. The normalized spacial score (nSPS) is 22.7. The third-order valence-electron chi connectivity index (χ3n) is 7.48. The lowest BCUT2D eigenvalue weighted by Crippen LogP contribution is -2.39. The van der Waals surface area contributed by atoms with Crippen molar-refractivity contribution in [3.63, 3.8) is 0 Å². The zero-order chi connectivity index (χ0) is 21.4. The second-order valence-electron chi connectivity index (χ2n) is 9.57. The molecule has 6 heteroatoms. The van der Waals surface area contributed by atoms with Gasteiger partial charge in [0, 0.05) is 53.7 Å². The number of rotatable bonds is 5. The van der Waals surface area contributed by atoms with Crippen molar-refractivity contribution in [3.8, 4) is 0 Å². The van der Waals surface area contributed by atoms with Gasteiger partial charge in [-0.3, -0.25) is 9.59 Å². The zero-order valence-corrected chi connectivity index (χ0v) is 20.4. The van der Waals surface area contributed by atoms with Gasteiger partial charge in [-0.05, 0) is 78.8 Å². The Kier molecular flexibility index (Phi) is 6.26. The number of hydrogen-bond donors (Lipinski definition) is 0. The number of aromatic nitrogens is 1. The number of halogens is 1. The summed E-state index contributed by atoms with van der Waals surface area (Å²) in [6.45, 7) is 2.51. The van der Waals surface area contributed by atoms with Crippen molar-refractivity contribution in [2.45, 2.75) is 76.8 Å². The molecule has 1 aromatic carbocycles. The molecule has 3 aliphatic rings. The summed E-state index contributed by atoms with van der Waals surface area (Å²) in [5.74, 6) is 1.17. The van der Waals surface area contributed by atoms with Gasteiger partial charge in [-0.2, -0.15) is 0 Å². The average molecular weight is 533 g/mol. The summed E-state index contributed by atoms with van der Waals surface area (Å²) in [5.41, 5.74) is 2.20. The van der Waals surface area contributed by atoms with Gasteiger partial charge in [0.25, 0.3) is 0 Å². The van der Waals surface area contributed by atoms with Crippen LogP contribution in [0.4, 0.5) is 5.69 Å². The molecule has 0 unspecified atom stereocenters. The van der Waals surface area contributed by atoms with E-state index in [1.807, 2.05) is 4.90 Å². The van der Waals surface area contributed by atoms with Gasteiger partial charge in [-0.25, -0.2) is 0 Å². The number of hydrogen-bond acceptors (Lipinski definition) is 2. The third kappa shape index (κ3) is 4.37. The van der Waals surface area contributed by atoms with Crippen LogP contribution in [0.5, 0.6) is 0 Å². The van der Waals surface area contributed by atoms with Crippen LogP contribution in [0, 0.1) is 9.49 Å². The lowest BCUT2D eigenvalue weighted by molar-refractivity contribution is -0.133. The molecule has 2 amide bonds. The van der Waals surface area contributed by atoms with Gasteiger partial charge in [-0.1, -0.05) is 19.3 Å². The van der Waals surface area contributed by atoms with Crippen molar-refractivity contribution in [3.05, 3.63) is 28.0 Å². The van der Waals surface area contributed by atoms with Crippen LogP contribution in [-0.2, 0) is 16.1 Å². The predicted molar refractivity (Wildman–Crippen MR) is 132 cm³/mol. The molecule has 0 N–H and O–H groups in total. The standard InChI is InChI=1S/C25H32IN3O2/c26-19-10-11-22-21(15-19)23(29-13-5-9-24(29)30)17-27(22)16-20-8-4-12-28(20)25(31)14-18-6-2-1-3-7-18/h10-11,15,17-18,20H,1-9,12-14,16H2/t20-/m0/s1. The van der Waals surface area contributed by atoms with Crippen molar-refractivity contribution < 1.29 is 9.59 Å². The maximum Gasteiger partial charge on any atom is 0.227 e. The molecule has 5 nitrogen and oxygen atoms in total. The molecule has 1 saturated carbocycles. The molecule has 2 saturated heterocycles. The van der Waals surface area contributed by atoms with Crippen molar-refractivity contribution in [2.24, 2.45) is 5.92 Å². The zero-order valence-electron chi connectivity index (χ0n) is 18.2. The first-order valence-corrected chi connectivity index (χ1v) is 13.1. The van der Waals surface area contributed by atoms with E-state index >= 15 is 0 Å². The summed E-state index contributed by atoms with van der Waals surface area (Å²) in [6, 6.07) is 6.75. The lowest BCUT2D eigenvalue weighted by Gasteiger charge is -2.28. The molecule has 2 aliphatic heterocycles. The monoisotopic (exact) mass is 533 g/mol. The molecule has 0 radical (unpaired) electrons. The number of carbonyl (C=O) groups excluding carboxylic acids is 2. The van der Waals surface area contributed by atoms with Crippen LogP contribution in [0.25, 0.3) is 10.9 Å². The van der Waals surface area contributed by atoms with E-state index in [2.05, 4.69) is 56.5 Å². The van der Waals surface area contributed by atoms with Gasteiger partial charge < -0.3 is 14.4 Å². The highest BCUT2D eigenvalue weighted by atomic mass is 127. The fraction of sp³-hybridized carbons (Fsp3) is 0.600. The van der Waals surface area contributed by atoms with E-state index < -0.39 is 0 Å². The number of fused-ring (bicyclic) bond motifs is 1. The van der Waals surface area contributed by atoms with E-state index in [4.69, 9.17) is 0 Å². The highest BCUT2D eigenvalue weighted by Crippen LogP contribution is 2.35. The SMILES string of the molecule is O=C1CCCN1c1cn(C[C@@H]2CCCN2C(=O)CC2CCCCC2)c2ccc(I)cc12. The summed E-state index contributed by atoms with van der Waals surface area (Å²) in [6.07, 6.45) is 13.0. The smallest absolute Gasteiger partial charge is 0.227 e. The Balaban J connectivity index is 1.38. The molecule has 1 aromatic heterocycles. The molecular weight excluding hydrogens is 501 g/mol. The minimum absolute atomic E-state index is 0.225. The Morgan fingerprint density at radius 3 is 2.65 bits per heavy atom. The predicted octanol–water partition coefficient (Wildman–Crippen LogP) is 5.33. The minimum atomic E-state index is 0.225. The molecule has 0 bridgehead atoms. The van der Waals surface area contributed by atoms with Gasteiger partial charge in [0.1, 0.15) is 0 Å². The molecule has 0 spiro atoms. The van der Waals surface area contributed by atoms with E-state index in [-0.39, 0.29) is 11.9 Å². The van der Waals surface area contributed by atoms with Crippen LogP contribution in [0.15, 0.2) is 24.4 Å². The quantitative estimate of drug-likeness (QED) is 0.488. The molecule has 3 heterocycles.